The maximum absolute atomic E-state index is 12.3. The first-order chi connectivity index (χ1) is 8.24. The van der Waals surface area contributed by atoms with Crippen molar-refractivity contribution in [3.8, 4) is 0 Å². The molecular formula is C12H14N4O. The highest BCUT2D eigenvalue weighted by Crippen LogP contribution is 2.17. The zero-order valence-corrected chi connectivity index (χ0v) is 9.68. The topological polar surface area (TPSA) is 65.3 Å². The summed E-state index contributed by atoms with van der Waals surface area (Å²) in [7, 11) is 0. The van der Waals surface area contributed by atoms with Gasteiger partial charge in [-0.2, -0.15) is 0 Å². The molecule has 0 radical (unpaired) electrons. The highest BCUT2D eigenvalue weighted by atomic mass is 16.1. The van der Waals surface area contributed by atoms with Crippen LogP contribution in [0, 0.1) is 6.92 Å². The van der Waals surface area contributed by atoms with E-state index in [1.54, 1.807) is 4.57 Å². The zero-order valence-electron chi connectivity index (χ0n) is 9.68. The molecule has 0 spiro atoms. The highest BCUT2D eigenvalue weighted by Gasteiger charge is 2.16. The van der Waals surface area contributed by atoms with Gasteiger partial charge in [0.05, 0.1) is 5.69 Å². The Labute approximate surface area is 97.8 Å². The van der Waals surface area contributed by atoms with Crippen LogP contribution in [0.2, 0.25) is 0 Å². The fourth-order valence-electron chi connectivity index (χ4n) is 2.35. The zero-order chi connectivity index (χ0) is 12.0. The Morgan fingerprint density at radius 1 is 1.41 bits per heavy atom. The Morgan fingerprint density at radius 2 is 2.24 bits per heavy atom. The third-order valence-electron chi connectivity index (χ3n) is 3.11. The van der Waals surface area contributed by atoms with E-state index in [9.17, 15) is 4.79 Å². The number of hydrogen-bond acceptors (Lipinski definition) is 3. The molecule has 0 aliphatic carbocycles. The fourth-order valence-corrected chi connectivity index (χ4v) is 2.35. The van der Waals surface area contributed by atoms with E-state index in [-0.39, 0.29) is 5.56 Å². The smallest absolute Gasteiger partial charge is 0.278 e. The summed E-state index contributed by atoms with van der Waals surface area (Å²) in [6.45, 7) is 3.12. The lowest BCUT2D eigenvalue weighted by molar-refractivity contribution is 0.654. The predicted octanol–water partition coefficient (Wildman–Crippen LogP) is 0.744. The van der Waals surface area contributed by atoms with Crippen LogP contribution in [-0.4, -0.2) is 20.5 Å². The van der Waals surface area contributed by atoms with Crippen molar-refractivity contribution >= 4 is 16.8 Å². The molecule has 0 unspecified atom stereocenters. The second kappa shape index (κ2) is 3.56. The summed E-state index contributed by atoms with van der Waals surface area (Å²) in [6, 6.07) is 5.79. The van der Waals surface area contributed by atoms with Gasteiger partial charge in [0, 0.05) is 6.54 Å². The standard InChI is InChI=1S/C12H14N4O/c1-8-11-12(17)15(7-3-6-13)10-5-2-4-9(14-8)16(10)11/h2,4-5H,3,6-7,13H2,1H3. The van der Waals surface area contributed by atoms with Crippen LogP contribution in [0.4, 0.5) is 0 Å². The van der Waals surface area contributed by atoms with Gasteiger partial charge in [-0.05, 0) is 32.0 Å². The molecule has 3 heterocycles. The van der Waals surface area contributed by atoms with Gasteiger partial charge in [-0.3, -0.25) is 13.8 Å². The van der Waals surface area contributed by atoms with E-state index in [1.165, 1.54) is 0 Å². The van der Waals surface area contributed by atoms with Crippen molar-refractivity contribution in [3.63, 3.8) is 0 Å². The molecule has 0 atom stereocenters. The lowest BCUT2D eigenvalue weighted by Crippen LogP contribution is -2.17. The number of aryl methyl sites for hydroxylation is 2. The monoisotopic (exact) mass is 230 g/mol. The van der Waals surface area contributed by atoms with Gasteiger partial charge in [-0.25, -0.2) is 4.98 Å². The maximum Gasteiger partial charge on any atom is 0.278 e. The van der Waals surface area contributed by atoms with Crippen LogP contribution in [0.15, 0.2) is 23.0 Å². The van der Waals surface area contributed by atoms with Crippen molar-refractivity contribution in [2.75, 3.05) is 6.54 Å². The maximum atomic E-state index is 12.3. The average Bonchev–Trinajstić information content (AvgIpc) is 2.79. The van der Waals surface area contributed by atoms with Gasteiger partial charge in [-0.15, -0.1) is 0 Å². The van der Waals surface area contributed by atoms with Gasteiger partial charge < -0.3 is 5.73 Å². The minimum atomic E-state index is 0.0321. The number of nitrogens with two attached hydrogens (primary N) is 1. The molecule has 0 bridgehead atoms. The molecule has 0 fully saturated rings. The summed E-state index contributed by atoms with van der Waals surface area (Å²) >= 11 is 0. The van der Waals surface area contributed by atoms with Crippen LogP contribution in [0.1, 0.15) is 12.1 Å². The van der Waals surface area contributed by atoms with Crippen molar-refractivity contribution in [1.82, 2.24) is 14.0 Å². The summed E-state index contributed by atoms with van der Waals surface area (Å²) in [4.78, 5) is 16.7. The molecule has 0 saturated carbocycles. The summed E-state index contributed by atoms with van der Waals surface area (Å²) in [5, 5.41) is 0. The van der Waals surface area contributed by atoms with Crippen molar-refractivity contribution in [3.05, 3.63) is 34.2 Å². The van der Waals surface area contributed by atoms with E-state index in [0.29, 0.717) is 18.6 Å². The summed E-state index contributed by atoms with van der Waals surface area (Å²) in [5.74, 6) is 0. The summed E-state index contributed by atoms with van der Waals surface area (Å²) in [6.07, 6.45) is 0.805. The lowest BCUT2D eigenvalue weighted by Gasteiger charge is -2.02. The summed E-state index contributed by atoms with van der Waals surface area (Å²) < 4.78 is 3.71. The molecule has 3 aromatic rings. The second-order valence-corrected chi connectivity index (χ2v) is 4.22. The van der Waals surface area contributed by atoms with Crippen molar-refractivity contribution in [1.29, 1.82) is 0 Å². The molecule has 2 N–H and O–H groups in total. The molecule has 0 aromatic carbocycles. The third kappa shape index (κ3) is 1.29. The number of pyridine rings is 1. The second-order valence-electron chi connectivity index (χ2n) is 4.22. The number of rotatable bonds is 3. The predicted molar refractivity (Wildman–Crippen MR) is 66.6 cm³/mol. The molecule has 0 aliphatic rings. The van der Waals surface area contributed by atoms with E-state index >= 15 is 0 Å². The minimum Gasteiger partial charge on any atom is -0.330 e. The Bertz CT molecular complexity index is 725. The fraction of sp³-hybridized carbons (Fsp3) is 0.333. The molecule has 0 aliphatic heterocycles. The minimum absolute atomic E-state index is 0.0321. The first-order valence-corrected chi connectivity index (χ1v) is 5.74. The molecule has 5 heteroatoms. The Kier molecular flexibility index (Phi) is 2.16. The summed E-state index contributed by atoms with van der Waals surface area (Å²) in [5.41, 5.74) is 8.74. The first-order valence-electron chi connectivity index (χ1n) is 5.74. The number of aromatic nitrogens is 3. The van der Waals surface area contributed by atoms with E-state index in [0.717, 1.165) is 23.4 Å². The van der Waals surface area contributed by atoms with Crippen LogP contribution in [-0.2, 0) is 6.54 Å². The molecule has 0 saturated heterocycles. The quantitative estimate of drug-likeness (QED) is 0.722. The lowest BCUT2D eigenvalue weighted by atomic mass is 10.4. The van der Waals surface area contributed by atoms with E-state index in [4.69, 9.17) is 5.73 Å². The van der Waals surface area contributed by atoms with Crippen molar-refractivity contribution in [2.24, 2.45) is 5.73 Å². The third-order valence-corrected chi connectivity index (χ3v) is 3.11. The van der Waals surface area contributed by atoms with Crippen LogP contribution >= 0.6 is 0 Å². The number of nitrogens with zero attached hydrogens (tertiary/aromatic N) is 3. The number of imidazole rings is 2. The van der Waals surface area contributed by atoms with Gasteiger partial charge in [0.15, 0.2) is 0 Å². The van der Waals surface area contributed by atoms with Crippen LogP contribution < -0.4 is 11.3 Å². The Balaban J connectivity index is 2.39. The first kappa shape index (κ1) is 10.3. The molecule has 17 heavy (non-hydrogen) atoms. The van der Waals surface area contributed by atoms with E-state index in [2.05, 4.69) is 4.98 Å². The Morgan fingerprint density at radius 3 is 3.00 bits per heavy atom. The van der Waals surface area contributed by atoms with Gasteiger partial charge in [0.25, 0.3) is 5.56 Å². The van der Waals surface area contributed by atoms with Gasteiger partial charge in [0.2, 0.25) is 0 Å². The Hall–Kier alpha value is -1.88. The van der Waals surface area contributed by atoms with Crippen LogP contribution in [0.3, 0.4) is 0 Å². The van der Waals surface area contributed by atoms with Gasteiger partial charge in [-0.1, -0.05) is 6.07 Å². The van der Waals surface area contributed by atoms with E-state index < -0.39 is 0 Å². The molecule has 3 aromatic heterocycles. The molecule has 3 rings (SSSR count). The van der Waals surface area contributed by atoms with Crippen molar-refractivity contribution in [2.45, 2.75) is 19.9 Å². The molecular weight excluding hydrogens is 216 g/mol. The number of hydrogen-bond donors (Lipinski definition) is 1. The normalized spacial score (nSPS) is 11.9. The molecule has 0 amide bonds. The van der Waals surface area contributed by atoms with Crippen LogP contribution in [0.5, 0.6) is 0 Å². The van der Waals surface area contributed by atoms with Crippen LogP contribution in [0.25, 0.3) is 16.8 Å². The SMILES string of the molecule is Cc1nc2cccc3n(CCCN)c(=O)c1n23. The van der Waals surface area contributed by atoms with E-state index in [1.807, 2.05) is 29.5 Å². The van der Waals surface area contributed by atoms with Crippen molar-refractivity contribution < 1.29 is 0 Å². The van der Waals surface area contributed by atoms with Gasteiger partial charge >= 0.3 is 0 Å². The average molecular weight is 230 g/mol. The highest BCUT2D eigenvalue weighted by molar-refractivity contribution is 5.69. The molecule has 88 valence electrons. The van der Waals surface area contributed by atoms with Gasteiger partial charge in [0.1, 0.15) is 16.8 Å². The molecule has 5 nitrogen and oxygen atoms in total. The largest absolute Gasteiger partial charge is 0.330 e.